The summed E-state index contributed by atoms with van der Waals surface area (Å²) >= 11 is 0. The van der Waals surface area contributed by atoms with Gasteiger partial charge in [-0.3, -0.25) is 9.59 Å². The maximum atomic E-state index is 12.7. The summed E-state index contributed by atoms with van der Waals surface area (Å²) in [5.74, 6) is 0.591. The number of carbonyl (C=O) groups is 2. The highest BCUT2D eigenvalue weighted by atomic mass is 35.5. The molecular formula is C18H26ClN3O4. The number of hydrogen-bond acceptors (Lipinski definition) is 5. The zero-order chi connectivity index (χ0) is 17.9. The lowest BCUT2D eigenvalue weighted by atomic mass is 9.89. The summed E-state index contributed by atoms with van der Waals surface area (Å²) in [6, 6.07) is 7.12. The molecule has 3 rings (SSSR count). The Bertz CT molecular complexity index is 641. The maximum Gasteiger partial charge on any atom is 0.254 e. The minimum Gasteiger partial charge on any atom is -0.497 e. The molecule has 0 saturated carbocycles. The Kier molecular flexibility index (Phi) is 6.86. The van der Waals surface area contributed by atoms with E-state index in [2.05, 4.69) is 0 Å². The molecule has 144 valence electrons. The van der Waals surface area contributed by atoms with E-state index in [0.29, 0.717) is 63.5 Å². The number of halogens is 1. The molecule has 8 heteroatoms. The van der Waals surface area contributed by atoms with E-state index in [-0.39, 0.29) is 24.2 Å². The molecule has 2 aliphatic rings. The summed E-state index contributed by atoms with van der Waals surface area (Å²) < 4.78 is 10.5. The Morgan fingerprint density at radius 1 is 1.12 bits per heavy atom. The van der Waals surface area contributed by atoms with Crippen LogP contribution in [0.1, 0.15) is 23.2 Å². The van der Waals surface area contributed by atoms with E-state index in [4.69, 9.17) is 15.2 Å². The van der Waals surface area contributed by atoms with Crippen molar-refractivity contribution in [2.75, 3.05) is 46.5 Å². The summed E-state index contributed by atoms with van der Waals surface area (Å²) in [5.41, 5.74) is 6.06. The zero-order valence-corrected chi connectivity index (χ0v) is 15.8. The lowest BCUT2D eigenvalue weighted by molar-refractivity contribution is -0.142. The monoisotopic (exact) mass is 383 g/mol. The number of benzene rings is 1. The summed E-state index contributed by atoms with van der Waals surface area (Å²) in [7, 11) is 1.58. The number of hydrogen-bond donors (Lipinski definition) is 1. The third-order valence-corrected chi connectivity index (χ3v) is 4.98. The van der Waals surface area contributed by atoms with E-state index in [9.17, 15) is 9.59 Å². The maximum absolute atomic E-state index is 12.7. The predicted molar refractivity (Wildman–Crippen MR) is 99.7 cm³/mol. The van der Waals surface area contributed by atoms with Crippen LogP contribution in [0.15, 0.2) is 24.3 Å². The second kappa shape index (κ2) is 8.70. The number of nitrogens with two attached hydrogens (primary N) is 1. The zero-order valence-electron chi connectivity index (χ0n) is 15.0. The highest BCUT2D eigenvalue weighted by Crippen LogP contribution is 2.22. The van der Waals surface area contributed by atoms with Gasteiger partial charge in [-0.05, 0) is 31.0 Å². The van der Waals surface area contributed by atoms with Crippen LogP contribution in [0.5, 0.6) is 5.75 Å². The van der Waals surface area contributed by atoms with Crippen LogP contribution in [0.3, 0.4) is 0 Å². The van der Waals surface area contributed by atoms with Crippen molar-refractivity contribution in [1.82, 2.24) is 9.80 Å². The average molecular weight is 384 g/mol. The molecule has 2 amide bonds. The number of methoxy groups -OCH3 is 1. The van der Waals surface area contributed by atoms with Gasteiger partial charge >= 0.3 is 0 Å². The normalized spacial score (nSPS) is 19.5. The molecule has 1 aromatic carbocycles. The molecule has 0 radical (unpaired) electrons. The van der Waals surface area contributed by atoms with Crippen LogP contribution in [0.25, 0.3) is 0 Å². The highest BCUT2D eigenvalue weighted by molar-refractivity contribution is 5.95. The minimum absolute atomic E-state index is 0. The van der Waals surface area contributed by atoms with Crippen molar-refractivity contribution in [1.29, 1.82) is 0 Å². The van der Waals surface area contributed by atoms with Crippen LogP contribution in [-0.4, -0.2) is 73.7 Å². The van der Waals surface area contributed by atoms with Crippen molar-refractivity contribution >= 4 is 24.2 Å². The van der Waals surface area contributed by atoms with Gasteiger partial charge < -0.3 is 25.0 Å². The first kappa shape index (κ1) is 20.5. The molecule has 0 atom stereocenters. The molecular weight excluding hydrogens is 358 g/mol. The molecule has 2 saturated heterocycles. The largest absolute Gasteiger partial charge is 0.497 e. The van der Waals surface area contributed by atoms with E-state index in [1.165, 1.54) is 0 Å². The first-order valence-electron chi connectivity index (χ1n) is 8.63. The number of amides is 2. The van der Waals surface area contributed by atoms with Crippen molar-refractivity contribution in [2.45, 2.75) is 18.4 Å². The summed E-state index contributed by atoms with van der Waals surface area (Å²) in [4.78, 5) is 28.9. The van der Waals surface area contributed by atoms with Gasteiger partial charge in [-0.25, -0.2) is 0 Å². The standard InChI is InChI=1S/C18H25N3O4.ClH/c1-24-15-4-2-3-14(13-15)16(22)20-7-9-21(10-8-20)17(23)18(19)5-11-25-12-6-18;/h2-4,13H,5-12,19H2,1H3;1H. The molecule has 2 aliphatic heterocycles. The molecule has 0 aromatic heterocycles. The lowest BCUT2D eigenvalue weighted by Crippen LogP contribution is -2.61. The van der Waals surface area contributed by atoms with Crippen molar-refractivity contribution < 1.29 is 19.1 Å². The predicted octanol–water partition coefficient (Wildman–Crippen LogP) is 0.909. The van der Waals surface area contributed by atoms with E-state index >= 15 is 0 Å². The van der Waals surface area contributed by atoms with Crippen LogP contribution in [-0.2, 0) is 9.53 Å². The van der Waals surface area contributed by atoms with Gasteiger partial charge in [0.2, 0.25) is 5.91 Å². The molecule has 2 heterocycles. The minimum atomic E-state index is -0.822. The third-order valence-electron chi connectivity index (χ3n) is 4.98. The molecule has 0 bridgehead atoms. The van der Waals surface area contributed by atoms with Gasteiger partial charge in [0.25, 0.3) is 5.91 Å². The number of piperazine rings is 1. The average Bonchev–Trinajstić information content (AvgIpc) is 2.67. The van der Waals surface area contributed by atoms with Crippen molar-refractivity contribution in [2.24, 2.45) is 5.73 Å². The van der Waals surface area contributed by atoms with E-state index in [0.717, 1.165) is 0 Å². The fourth-order valence-electron chi connectivity index (χ4n) is 3.32. The number of rotatable bonds is 3. The summed E-state index contributed by atoms with van der Waals surface area (Å²) in [6.07, 6.45) is 1.10. The van der Waals surface area contributed by atoms with Crippen molar-refractivity contribution in [3.8, 4) is 5.75 Å². The molecule has 0 unspecified atom stereocenters. The molecule has 0 spiro atoms. The topological polar surface area (TPSA) is 85.1 Å². The van der Waals surface area contributed by atoms with Gasteiger partial charge in [0.05, 0.1) is 12.6 Å². The van der Waals surface area contributed by atoms with E-state index in [1.54, 1.807) is 35.1 Å². The molecule has 7 nitrogen and oxygen atoms in total. The quantitative estimate of drug-likeness (QED) is 0.838. The van der Waals surface area contributed by atoms with Crippen LogP contribution < -0.4 is 10.5 Å². The second-order valence-corrected chi connectivity index (χ2v) is 6.58. The smallest absolute Gasteiger partial charge is 0.254 e. The van der Waals surface area contributed by atoms with Gasteiger partial charge in [-0.15, -0.1) is 12.4 Å². The fraction of sp³-hybridized carbons (Fsp3) is 0.556. The number of carbonyl (C=O) groups excluding carboxylic acids is 2. The van der Waals surface area contributed by atoms with Crippen molar-refractivity contribution in [3.63, 3.8) is 0 Å². The molecule has 0 aliphatic carbocycles. The molecule has 26 heavy (non-hydrogen) atoms. The molecule has 2 N–H and O–H groups in total. The Labute approximate surface area is 159 Å². The van der Waals surface area contributed by atoms with Gasteiger partial charge in [0.15, 0.2) is 0 Å². The molecule has 1 aromatic rings. The highest BCUT2D eigenvalue weighted by Gasteiger charge is 2.40. The Hall–Kier alpha value is -1.83. The summed E-state index contributed by atoms with van der Waals surface area (Å²) in [5, 5.41) is 0. The van der Waals surface area contributed by atoms with Crippen LogP contribution in [0.2, 0.25) is 0 Å². The first-order chi connectivity index (χ1) is 12.0. The number of nitrogens with zero attached hydrogens (tertiary/aromatic N) is 2. The SMILES string of the molecule is COc1cccc(C(=O)N2CCN(C(=O)C3(N)CCOCC3)CC2)c1.Cl. The lowest BCUT2D eigenvalue weighted by Gasteiger charge is -2.40. The van der Waals surface area contributed by atoms with Gasteiger partial charge in [0, 0.05) is 45.0 Å². The molecule has 2 fully saturated rings. The van der Waals surface area contributed by atoms with Crippen LogP contribution >= 0.6 is 12.4 Å². The second-order valence-electron chi connectivity index (χ2n) is 6.58. The summed E-state index contributed by atoms with van der Waals surface area (Å²) in [6.45, 7) is 3.08. The number of ether oxygens (including phenoxy) is 2. The Morgan fingerprint density at radius 2 is 1.73 bits per heavy atom. The van der Waals surface area contributed by atoms with Crippen molar-refractivity contribution in [3.05, 3.63) is 29.8 Å². The third kappa shape index (κ3) is 4.28. The van der Waals surface area contributed by atoms with Gasteiger partial charge in [-0.2, -0.15) is 0 Å². The van der Waals surface area contributed by atoms with Crippen LogP contribution in [0.4, 0.5) is 0 Å². The van der Waals surface area contributed by atoms with Gasteiger partial charge in [0.1, 0.15) is 5.75 Å². The Balaban J connectivity index is 0.00000243. The van der Waals surface area contributed by atoms with Crippen LogP contribution in [0, 0.1) is 0 Å². The van der Waals surface area contributed by atoms with Gasteiger partial charge in [-0.1, -0.05) is 6.07 Å². The van der Waals surface area contributed by atoms with E-state index < -0.39 is 5.54 Å². The fourth-order valence-corrected chi connectivity index (χ4v) is 3.32. The first-order valence-corrected chi connectivity index (χ1v) is 8.63. The van der Waals surface area contributed by atoms with E-state index in [1.807, 2.05) is 6.07 Å². The Morgan fingerprint density at radius 3 is 2.35 bits per heavy atom.